The molecule has 0 saturated carbocycles. The molecular weight excluding hydrogens is 377 g/mol. The maximum atomic E-state index is 13.8. The van der Waals surface area contributed by atoms with Crippen molar-refractivity contribution in [2.45, 2.75) is 13.0 Å². The van der Waals surface area contributed by atoms with Crippen molar-refractivity contribution in [3.63, 3.8) is 0 Å². The number of benzene rings is 1. The second-order valence-corrected chi connectivity index (χ2v) is 6.51. The number of anilines is 1. The van der Waals surface area contributed by atoms with E-state index in [-0.39, 0.29) is 24.9 Å². The predicted octanol–water partition coefficient (Wildman–Crippen LogP) is 2.99. The van der Waals surface area contributed by atoms with Gasteiger partial charge in [-0.1, -0.05) is 0 Å². The van der Waals surface area contributed by atoms with Crippen LogP contribution in [0.5, 0.6) is 17.4 Å². The van der Waals surface area contributed by atoms with Gasteiger partial charge in [0.25, 0.3) is 0 Å². The molecule has 148 valence electrons. The van der Waals surface area contributed by atoms with Crippen molar-refractivity contribution in [3.05, 3.63) is 47.5 Å². The largest absolute Gasteiger partial charge is 0.490 e. The number of aryl methyl sites for hydroxylation is 1. The molecule has 2 aromatic heterocycles. The fraction of sp³-hybridized carbons (Fsp3) is 0.250. The lowest BCUT2D eigenvalue weighted by molar-refractivity contribution is 0.195. The molecule has 0 saturated heterocycles. The van der Waals surface area contributed by atoms with Gasteiger partial charge >= 0.3 is 0 Å². The van der Waals surface area contributed by atoms with Crippen LogP contribution in [0.3, 0.4) is 0 Å². The van der Waals surface area contributed by atoms with Gasteiger partial charge < -0.3 is 19.9 Å². The molecule has 4 rings (SSSR count). The molecular formula is C20H18FN5O3. The lowest BCUT2D eigenvalue weighted by Crippen LogP contribution is -2.12. The van der Waals surface area contributed by atoms with Gasteiger partial charge in [0.05, 0.1) is 5.56 Å². The highest BCUT2D eigenvalue weighted by molar-refractivity contribution is 5.75. The van der Waals surface area contributed by atoms with Crippen molar-refractivity contribution >= 4 is 5.82 Å². The zero-order chi connectivity index (χ0) is 20.5. The molecule has 1 aliphatic rings. The number of nitrogens with two attached hydrogens (primary N) is 1. The molecule has 0 spiro atoms. The fourth-order valence-corrected chi connectivity index (χ4v) is 3.19. The summed E-state index contributed by atoms with van der Waals surface area (Å²) in [6, 6.07) is 8.02. The highest BCUT2D eigenvalue weighted by atomic mass is 19.1. The van der Waals surface area contributed by atoms with Gasteiger partial charge in [-0.3, -0.25) is 4.68 Å². The lowest BCUT2D eigenvalue weighted by Gasteiger charge is -2.19. The monoisotopic (exact) mass is 395 g/mol. The smallest absolute Gasteiger partial charge is 0.242 e. The van der Waals surface area contributed by atoms with Crippen LogP contribution in [0.15, 0.2) is 30.5 Å². The van der Waals surface area contributed by atoms with Crippen molar-refractivity contribution in [1.29, 1.82) is 5.26 Å². The summed E-state index contributed by atoms with van der Waals surface area (Å²) in [5.41, 5.74) is 7.90. The van der Waals surface area contributed by atoms with E-state index in [4.69, 9.17) is 19.9 Å². The maximum absolute atomic E-state index is 13.8. The number of aromatic nitrogens is 3. The number of fused-ring (bicyclic) bond motifs is 5. The van der Waals surface area contributed by atoms with Crippen LogP contribution >= 0.6 is 0 Å². The number of hydrogen-bond donors (Lipinski definition) is 1. The Morgan fingerprint density at radius 1 is 1.24 bits per heavy atom. The molecule has 2 N–H and O–H groups in total. The molecule has 0 fully saturated rings. The molecule has 3 aromatic rings. The zero-order valence-electron chi connectivity index (χ0n) is 15.8. The Morgan fingerprint density at radius 2 is 2.03 bits per heavy atom. The topological polar surface area (TPSA) is 108 Å². The van der Waals surface area contributed by atoms with Gasteiger partial charge in [0, 0.05) is 24.4 Å². The van der Waals surface area contributed by atoms with Gasteiger partial charge in [-0.2, -0.15) is 5.26 Å². The molecule has 2 bridgehead atoms. The summed E-state index contributed by atoms with van der Waals surface area (Å²) < 4.78 is 32.8. The van der Waals surface area contributed by atoms with Gasteiger partial charge in [-0.15, -0.1) is 5.10 Å². The molecule has 0 radical (unpaired) electrons. The van der Waals surface area contributed by atoms with E-state index in [1.807, 2.05) is 0 Å². The number of halogens is 1. The normalized spacial score (nSPS) is 15.7. The summed E-state index contributed by atoms with van der Waals surface area (Å²) in [5.74, 6) is 0.807. The number of hydrogen-bond acceptors (Lipinski definition) is 7. The third kappa shape index (κ3) is 3.40. The highest BCUT2D eigenvalue weighted by Crippen LogP contribution is 2.38. The van der Waals surface area contributed by atoms with E-state index in [0.29, 0.717) is 33.9 Å². The molecule has 1 atom stereocenters. The predicted molar refractivity (Wildman–Crippen MR) is 102 cm³/mol. The Balaban J connectivity index is 1.86. The van der Waals surface area contributed by atoms with Crippen LogP contribution in [0.4, 0.5) is 10.2 Å². The standard InChI is InChI=1S/C20H18FN5O3/c1-11-14-8-13(21)3-4-16(14)27-5-6-28-20-18(15(9-22)26(2)25-20)12-7-17(29-11)19(23)24-10-12/h3-4,7-8,10-11H,5-6H2,1-2H3,(H2,23,24). The van der Waals surface area contributed by atoms with Crippen LogP contribution in [0, 0.1) is 17.1 Å². The Bertz CT molecular complexity index is 1120. The Kier molecular flexibility index (Phi) is 4.68. The van der Waals surface area contributed by atoms with Gasteiger partial charge in [0.15, 0.2) is 11.6 Å². The summed E-state index contributed by atoms with van der Waals surface area (Å²) in [6.07, 6.45) is 0.965. The SMILES string of the molecule is CC1Oc2cc(cnc2N)-c2c(nn(C)c2C#N)OCCOc2ccc(F)cc21. The maximum Gasteiger partial charge on any atom is 0.242 e. The molecule has 1 unspecified atom stereocenters. The van der Waals surface area contributed by atoms with Crippen molar-refractivity contribution in [2.24, 2.45) is 7.05 Å². The fourth-order valence-electron chi connectivity index (χ4n) is 3.19. The highest BCUT2D eigenvalue weighted by Gasteiger charge is 2.23. The molecule has 0 aliphatic carbocycles. The van der Waals surface area contributed by atoms with Gasteiger partial charge in [0.2, 0.25) is 5.88 Å². The van der Waals surface area contributed by atoms with Gasteiger partial charge in [-0.25, -0.2) is 9.37 Å². The Labute approximate surface area is 166 Å². The van der Waals surface area contributed by atoms with Crippen LogP contribution in [0.1, 0.15) is 24.3 Å². The van der Waals surface area contributed by atoms with Crippen LogP contribution in [0.2, 0.25) is 0 Å². The van der Waals surface area contributed by atoms with Gasteiger partial charge in [-0.05, 0) is 31.2 Å². The summed E-state index contributed by atoms with van der Waals surface area (Å²) >= 11 is 0. The number of pyridine rings is 1. The van der Waals surface area contributed by atoms with E-state index in [2.05, 4.69) is 16.2 Å². The summed E-state index contributed by atoms with van der Waals surface area (Å²) in [5, 5.41) is 13.9. The average molecular weight is 395 g/mol. The molecule has 29 heavy (non-hydrogen) atoms. The van der Waals surface area contributed by atoms with Crippen LogP contribution < -0.4 is 19.9 Å². The number of nitrogen functional groups attached to an aromatic ring is 1. The van der Waals surface area contributed by atoms with E-state index in [9.17, 15) is 9.65 Å². The van der Waals surface area contributed by atoms with Gasteiger partial charge in [0.1, 0.15) is 42.6 Å². The quantitative estimate of drug-likeness (QED) is 0.623. The number of ether oxygens (including phenoxy) is 3. The minimum absolute atomic E-state index is 0.166. The first-order chi connectivity index (χ1) is 14.0. The van der Waals surface area contributed by atoms with Crippen LogP contribution in [0.25, 0.3) is 11.1 Å². The number of nitriles is 1. The zero-order valence-corrected chi connectivity index (χ0v) is 15.8. The second-order valence-electron chi connectivity index (χ2n) is 6.51. The van der Waals surface area contributed by atoms with E-state index < -0.39 is 11.9 Å². The lowest BCUT2D eigenvalue weighted by atomic mass is 10.1. The Morgan fingerprint density at radius 3 is 2.83 bits per heavy atom. The van der Waals surface area contributed by atoms with Crippen molar-refractivity contribution in [2.75, 3.05) is 18.9 Å². The first-order valence-corrected chi connectivity index (χ1v) is 8.92. The third-order valence-corrected chi connectivity index (χ3v) is 4.58. The number of rotatable bonds is 0. The molecule has 0 amide bonds. The molecule has 1 aliphatic heterocycles. The third-order valence-electron chi connectivity index (χ3n) is 4.58. The number of nitrogens with zero attached hydrogens (tertiary/aromatic N) is 4. The van der Waals surface area contributed by atoms with E-state index >= 15 is 0 Å². The molecule has 1 aromatic carbocycles. The summed E-state index contributed by atoms with van der Waals surface area (Å²) in [6.45, 7) is 2.14. The first-order valence-electron chi connectivity index (χ1n) is 8.92. The van der Waals surface area contributed by atoms with E-state index in [1.165, 1.54) is 23.0 Å². The molecule has 8 nitrogen and oxygen atoms in total. The van der Waals surface area contributed by atoms with Crippen molar-refractivity contribution < 1.29 is 18.6 Å². The summed E-state index contributed by atoms with van der Waals surface area (Å²) in [4.78, 5) is 4.19. The van der Waals surface area contributed by atoms with Crippen molar-refractivity contribution in [1.82, 2.24) is 14.8 Å². The average Bonchev–Trinajstić information content (AvgIpc) is 3.02. The minimum atomic E-state index is -0.564. The summed E-state index contributed by atoms with van der Waals surface area (Å²) in [7, 11) is 1.66. The molecule has 3 heterocycles. The first kappa shape index (κ1) is 18.6. The van der Waals surface area contributed by atoms with E-state index in [1.54, 1.807) is 26.1 Å². The molecule has 9 heteroatoms. The second kappa shape index (κ2) is 7.31. The van der Waals surface area contributed by atoms with Crippen molar-refractivity contribution in [3.8, 4) is 34.6 Å². The Hall–Kier alpha value is -3.80. The minimum Gasteiger partial charge on any atom is -0.490 e. The van der Waals surface area contributed by atoms with E-state index in [0.717, 1.165) is 0 Å². The van der Waals surface area contributed by atoms with Crippen LogP contribution in [-0.4, -0.2) is 28.0 Å². The van der Waals surface area contributed by atoms with Crippen LogP contribution in [-0.2, 0) is 7.05 Å².